The van der Waals surface area contributed by atoms with Gasteiger partial charge in [0.25, 0.3) is 0 Å². The van der Waals surface area contributed by atoms with Gasteiger partial charge in [-0.15, -0.1) is 11.3 Å². The van der Waals surface area contributed by atoms with Crippen LogP contribution in [0.1, 0.15) is 30.7 Å². The molecule has 3 aromatic rings. The van der Waals surface area contributed by atoms with Crippen molar-refractivity contribution in [2.24, 2.45) is 0 Å². The van der Waals surface area contributed by atoms with Gasteiger partial charge in [-0.1, -0.05) is 29.8 Å². The van der Waals surface area contributed by atoms with Crippen molar-refractivity contribution in [3.05, 3.63) is 53.2 Å². The maximum absolute atomic E-state index is 12.0. The van der Waals surface area contributed by atoms with Gasteiger partial charge < -0.3 is 14.6 Å². The molecule has 0 spiro atoms. The lowest BCUT2D eigenvalue weighted by Gasteiger charge is -2.06. The number of nitrogens with zero attached hydrogens (tertiary/aromatic N) is 2. The Bertz CT molecular complexity index is 846. The van der Waals surface area contributed by atoms with Gasteiger partial charge in [0.05, 0.1) is 18.4 Å². The van der Waals surface area contributed by atoms with E-state index in [1.54, 1.807) is 18.4 Å². The molecule has 0 bridgehead atoms. The third-order valence-corrected chi connectivity index (χ3v) is 4.96. The predicted octanol–water partition coefficient (Wildman–Crippen LogP) is 3.88. The summed E-state index contributed by atoms with van der Waals surface area (Å²) in [6.07, 6.45) is 4.00. The number of carbonyl (C=O) groups excluding carboxylic acids is 1. The van der Waals surface area contributed by atoms with Gasteiger partial charge in [-0.2, -0.15) is 4.98 Å². The Labute approximate surface area is 162 Å². The Morgan fingerprint density at radius 3 is 2.96 bits per heavy atom. The molecule has 1 aromatic carbocycles. The molecule has 27 heavy (non-hydrogen) atoms. The zero-order chi connectivity index (χ0) is 18.9. The van der Waals surface area contributed by atoms with E-state index in [0.29, 0.717) is 24.7 Å². The number of methoxy groups -OCH3 is 1. The third-order valence-electron chi connectivity index (χ3n) is 4.10. The van der Waals surface area contributed by atoms with E-state index in [4.69, 9.17) is 9.26 Å². The Balaban J connectivity index is 1.29. The van der Waals surface area contributed by atoms with Gasteiger partial charge >= 0.3 is 0 Å². The quantitative estimate of drug-likeness (QED) is 0.536. The Hall–Kier alpha value is -2.67. The Morgan fingerprint density at radius 2 is 2.15 bits per heavy atom. The van der Waals surface area contributed by atoms with Gasteiger partial charge in [0.2, 0.25) is 17.6 Å². The van der Waals surface area contributed by atoms with Crippen LogP contribution >= 0.6 is 11.3 Å². The van der Waals surface area contributed by atoms with Crippen molar-refractivity contribution in [3.8, 4) is 16.5 Å². The first kappa shape index (κ1) is 19.1. The zero-order valence-electron chi connectivity index (χ0n) is 15.3. The minimum absolute atomic E-state index is 0.0285. The standard InChI is InChI=1S/C20H23N3O3S/c1-25-16-8-5-7-15(13-16)14-18(24)21-11-4-2-3-10-19-22-20(23-26-19)17-9-6-12-27-17/h5-9,12-13H,2-4,10-11,14H2,1H3,(H,21,24). The van der Waals surface area contributed by atoms with Gasteiger partial charge in [-0.3, -0.25) is 4.79 Å². The van der Waals surface area contributed by atoms with Crippen LogP contribution < -0.4 is 10.1 Å². The summed E-state index contributed by atoms with van der Waals surface area (Å²) in [5, 5.41) is 8.96. The Morgan fingerprint density at radius 1 is 1.22 bits per heavy atom. The monoisotopic (exact) mass is 385 g/mol. The molecule has 2 heterocycles. The summed E-state index contributed by atoms with van der Waals surface area (Å²) in [6.45, 7) is 0.674. The van der Waals surface area contributed by atoms with Crippen LogP contribution in [-0.4, -0.2) is 29.7 Å². The van der Waals surface area contributed by atoms with Crippen molar-refractivity contribution in [3.63, 3.8) is 0 Å². The molecule has 0 saturated heterocycles. The third kappa shape index (κ3) is 5.92. The number of ether oxygens (including phenoxy) is 1. The molecule has 0 saturated carbocycles. The lowest BCUT2D eigenvalue weighted by atomic mass is 10.1. The van der Waals surface area contributed by atoms with Crippen LogP contribution in [0.15, 0.2) is 46.3 Å². The van der Waals surface area contributed by atoms with Crippen LogP contribution in [0.2, 0.25) is 0 Å². The van der Waals surface area contributed by atoms with Crippen LogP contribution in [0, 0.1) is 0 Å². The maximum atomic E-state index is 12.0. The topological polar surface area (TPSA) is 77.2 Å². The molecule has 0 atom stereocenters. The minimum Gasteiger partial charge on any atom is -0.497 e. The first-order valence-electron chi connectivity index (χ1n) is 9.00. The van der Waals surface area contributed by atoms with Crippen LogP contribution in [-0.2, 0) is 17.6 Å². The van der Waals surface area contributed by atoms with E-state index in [1.165, 1.54) is 0 Å². The highest BCUT2D eigenvalue weighted by Gasteiger charge is 2.09. The molecule has 142 valence electrons. The molecule has 2 aromatic heterocycles. The fourth-order valence-electron chi connectivity index (χ4n) is 2.70. The highest BCUT2D eigenvalue weighted by molar-refractivity contribution is 7.13. The van der Waals surface area contributed by atoms with Crippen molar-refractivity contribution < 1.29 is 14.1 Å². The number of benzene rings is 1. The number of nitrogens with one attached hydrogen (secondary N) is 1. The molecular weight excluding hydrogens is 362 g/mol. The normalized spacial score (nSPS) is 10.7. The average Bonchev–Trinajstić information content (AvgIpc) is 3.36. The zero-order valence-corrected chi connectivity index (χ0v) is 16.1. The van der Waals surface area contributed by atoms with E-state index in [9.17, 15) is 4.79 Å². The second-order valence-corrected chi connectivity index (χ2v) is 7.13. The number of thiophene rings is 1. The summed E-state index contributed by atoms with van der Waals surface area (Å²) in [5.74, 6) is 2.12. The maximum Gasteiger partial charge on any atom is 0.226 e. The summed E-state index contributed by atoms with van der Waals surface area (Å²) in [6, 6.07) is 11.5. The predicted molar refractivity (Wildman–Crippen MR) is 105 cm³/mol. The SMILES string of the molecule is COc1cccc(CC(=O)NCCCCCc2nc(-c3cccs3)no2)c1. The summed E-state index contributed by atoms with van der Waals surface area (Å²) < 4.78 is 10.5. The Kier molecular flexibility index (Phi) is 6.98. The molecule has 0 radical (unpaired) electrons. The number of rotatable bonds is 10. The fraction of sp³-hybridized carbons (Fsp3) is 0.350. The van der Waals surface area contributed by atoms with Gasteiger partial charge in [0.1, 0.15) is 5.75 Å². The van der Waals surface area contributed by atoms with Crippen molar-refractivity contribution in [2.45, 2.75) is 32.1 Å². The molecule has 0 aliphatic heterocycles. The van der Waals surface area contributed by atoms with Gasteiger partial charge in [-0.25, -0.2) is 0 Å². The van der Waals surface area contributed by atoms with Crippen LogP contribution in [0.4, 0.5) is 0 Å². The van der Waals surface area contributed by atoms with E-state index in [0.717, 1.165) is 41.9 Å². The summed E-state index contributed by atoms with van der Waals surface area (Å²) in [5.41, 5.74) is 0.949. The molecule has 1 N–H and O–H groups in total. The molecule has 0 fully saturated rings. The fourth-order valence-corrected chi connectivity index (χ4v) is 3.35. The lowest BCUT2D eigenvalue weighted by Crippen LogP contribution is -2.26. The minimum atomic E-state index is 0.0285. The molecule has 0 unspecified atom stereocenters. The van der Waals surface area contributed by atoms with Crippen molar-refractivity contribution in [1.29, 1.82) is 0 Å². The second kappa shape index (κ2) is 9.87. The number of aromatic nitrogens is 2. The van der Waals surface area contributed by atoms with E-state index in [1.807, 2.05) is 41.8 Å². The van der Waals surface area contributed by atoms with Gasteiger partial charge in [-0.05, 0) is 42.0 Å². The average molecular weight is 385 g/mol. The van der Waals surface area contributed by atoms with Crippen LogP contribution in [0.3, 0.4) is 0 Å². The molecule has 3 rings (SSSR count). The smallest absolute Gasteiger partial charge is 0.226 e. The first-order valence-corrected chi connectivity index (χ1v) is 9.88. The van der Waals surface area contributed by atoms with Crippen molar-refractivity contribution in [1.82, 2.24) is 15.5 Å². The number of hydrogen-bond acceptors (Lipinski definition) is 6. The van der Waals surface area contributed by atoms with E-state index in [-0.39, 0.29) is 5.91 Å². The second-order valence-electron chi connectivity index (χ2n) is 6.18. The molecule has 1 amide bonds. The summed E-state index contributed by atoms with van der Waals surface area (Å²) >= 11 is 1.60. The number of amides is 1. The highest BCUT2D eigenvalue weighted by atomic mass is 32.1. The first-order chi connectivity index (χ1) is 13.2. The molecule has 7 heteroatoms. The summed E-state index contributed by atoms with van der Waals surface area (Å²) in [7, 11) is 1.62. The van der Waals surface area contributed by atoms with Crippen LogP contribution in [0.25, 0.3) is 10.7 Å². The summed E-state index contributed by atoms with van der Waals surface area (Å²) in [4.78, 5) is 17.4. The highest BCUT2D eigenvalue weighted by Crippen LogP contribution is 2.21. The number of aryl methyl sites for hydroxylation is 1. The number of unbranched alkanes of at least 4 members (excludes halogenated alkanes) is 2. The van der Waals surface area contributed by atoms with Gasteiger partial charge in [0, 0.05) is 13.0 Å². The van der Waals surface area contributed by atoms with Crippen LogP contribution in [0.5, 0.6) is 5.75 Å². The number of carbonyl (C=O) groups is 1. The molecule has 0 aliphatic carbocycles. The van der Waals surface area contributed by atoms with Gasteiger partial charge in [0.15, 0.2) is 0 Å². The lowest BCUT2D eigenvalue weighted by molar-refractivity contribution is -0.120. The van der Waals surface area contributed by atoms with Crippen molar-refractivity contribution in [2.75, 3.05) is 13.7 Å². The molecule has 0 aliphatic rings. The largest absolute Gasteiger partial charge is 0.497 e. The van der Waals surface area contributed by atoms with E-state index in [2.05, 4.69) is 15.5 Å². The molecule has 6 nitrogen and oxygen atoms in total. The van der Waals surface area contributed by atoms with E-state index < -0.39 is 0 Å². The van der Waals surface area contributed by atoms with E-state index >= 15 is 0 Å². The van der Waals surface area contributed by atoms with Crippen molar-refractivity contribution >= 4 is 17.2 Å². The molecular formula is C20H23N3O3S. The number of hydrogen-bond donors (Lipinski definition) is 1.